The second-order valence-electron chi connectivity index (χ2n) is 5.79. The molecule has 2 unspecified atom stereocenters. The van der Waals surface area contributed by atoms with Crippen LogP contribution in [0.3, 0.4) is 0 Å². The van der Waals surface area contributed by atoms with E-state index in [-0.39, 0.29) is 18.9 Å². The lowest BCUT2D eigenvalue weighted by atomic mass is 10.1. The number of nitrogens with two attached hydrogens (primary N) is 1. The van der Waals surface area contributed by atoms with Gasteiger partial charge in [-0.15, -0.1) is 0 Å². The third kappa shape index (κ3) is 3.60. The molecule has 2 heterocycles. The number of benzene rings is 1. The van der Waals surface area contributed by atoms with Crippen molar-refractivity contribution in [3.63, 3.8) is 0 Å². The van der Waals surface area contributed by atoms with Crippen molar-refractivity contribution >= 4 is 0 Å². The average molecular weight is 293 g/mol. The van der Waals surface area contributed by atoms with Crippen LogP contribution in [0.1, 0.15) is 31.7 Å². The van der Waals surface area contributed by atoms with Crippen LogP contribution in [0.15, 0.2) is 12.1 Å². The highest BCUT2D eigenvalue weighted by Crippen LogP contribution is 2.38. The Morgan fingerprint density at radius 3 is 2.81 bits per heavy atom. The SMILES string of the molecule is CC(N)Cc1cc2c(cc1OCC1CCCCO1)OCO2. The molecule has 5 heteroatoms. The molecule has 0 aromatic heterocycles. The van der Waals surface area contributed by atoms with Crippen LogP contribution in [-0.4, -0.2) is 32.2 Å². The monoisotopic (exact) mass is 293 g/mol. The molecule has 2 atom stereocenters. The van der Waals surface area contributed by atoms with Crippen LogP contribution >= 0.6 is 0 Å². The molecule has 0 spiro atoms. The van der Waals surface area contributed by atoms with E-state index in [4.69, 9.17) is 24.7 Å². The van der Waals surface area contributed by atoms with Crippen molar-refractivity contribution in [3.05, 3.63) is 17.7 Å². The summed E-state index contributed by atoms with van der Waals surface area (Å²) in [6, 6.07) is 3.95. The quantitative estimate of drug-likeness (QED) is 0.902. The standard InChI is InChI=1S/C16H23NO4/c1-11(17)6-12-7-15-16(21-10-20-15)8-14(12)19-9-13-4-2-3-5-18-13/h7-8,11,13H,2-6,9-10,17H2,1H3. The van der Waals surface area contributed by atoms with Crippen molar-refractivity contribution in [1.82, 2.24) is 0 Å². The van der Waals surface area contributed by atoms with E-state index in [9.17, 15) is 0 Å². The van der Waals surface area contributed by atoms with Gasteiger partial charge in [-0.2, -0.15) is 0 Å². The highest BCUT2D eigenvalue weighted by Gasteiger charge is 2.20. The van der Waals surface area contributed by atoms with E-state index in [2.05, 4.69) is 0 Å². The van der Waals surface area contributed by atoms with Crippen molar-refractivity contribution < 1.29 is 18.9 Å². The second-order valence-corrected chi connectivity index (χ2v) is 5.79. The van der Waals surface area contributed by atoms with E-state index in [1.165, 1.54) is 6.42 Å². The molecule has 21 heavy (non-hydrogen) atoms. The Bertz CT molecular complexity index is 483. The van der Waals surface area contributed by atoms with Crippen LogP contribution in [0.5, 0.6) is 17.2 Å². The Morgan fingerprint density at radius 1 is 1.29 bits per heavy atom. The summed E-state index contributed by atoms with van der Waals surface area (Å²) in [5, 5.41) is 0. The fourth-order valence-electron chi connectivity index (χ4n) is 2.73. The molecule has 1 fully saturated rings. The number of fused-ring (bicyclic) bond motifs is 1. The third-order valence-corrected chi connectivity index (χ3v) is 3.80. The largest absolute Gasteiger partial charge is 0.490 e. The molecule has 0 amide bonds. The van der Waals surface area contributed by atoms with Crippen molar-refractivity contribution in [3.8, 4) is 17.2 Å². The van der Waals surface area contributed by atoms with E-state index < -0.39 is 0 Å². The molecular formula is C16H23NO4. The van der Waals surface area contributed by atoms with Crippen LogP contribution in [0, 0.1) is 0 Å². The van der Waals surface area contributed by atoms with Gasteiger partial charge in [0.15, 0.2) is 11.5 Å². The lowest BCUT2D eigenvalue weighted by Crippen LogP contribution is -2.26. The van der Waals surface area contributed by atoms with Gasteiger partial charge >= 0.3 is 0 Å². The van der Waals surface area contributed by atoms with Crippen LogP contribution in [0.2, 0.25) is 0 Å². The summed E-state index contributed by atoms with van der Waals surface area (Å²) in [6.45, 7) is 3.66. The molecule has 116 valence electrons. The molecule has 2 N–H and O–H groups in total. The molecule has 1 saturated heterocycles. The number of hydrogen-bond donors (Lipinski definition) is 1. The lowest BCUT2D eigenvalue weighted by Gasteiger charge is -2.23. The minimum Gasteiger partial charge on any atom is -0.490 e. The Labute approximate surface area is 125 Å². The summed E-state index contributed by atoms with van der Waals surface area (Å²) < 4.78 is 22.5. The zero-order valence-corrected chi connectivity index (χ0v) is 12.5. The van der Waals surface area contributed by atoms with Gasteiger partial charge in [-0.1, -0.05) is 0 Å². The fourth-order valence-corrected chi connectivity index (χ4v) is 2.73. The molecule has 0 radical (unpaired) electrons. The minimum atomic E-state index is 0.0682. The van der Waals surface area contributed by atoms with Crippen molar-refractivity contribution in [2.24, 2.45) is 5.73 Å². The van der Waals surface area contributed by atoms with Gasteiger partial charge in [-0.25, -0.2) is 0 Å². The molecule has 3 rings (SSSR count). The van der Waals surface area contributed by atoms with Crippen LogP contribution in [0.25, 0.3) is 0 Å². The number of hydrogen-bond acceptors (Lipinski definition) is 5. The van der Waals surface area contributed by atoms with Gasteiger partial charge in [0.25, 0.3) is 0 Å². The summed E-state index contributed by atoms with van der Waals surface area (Å²) in [6.07, 6.45) is 4.36. The van der Waals surface area contributed by atoms with Gasteiger partial charge in [0.2, 0.25) is 6.79 Å². The molecule has 1 aromatic rings. The third-order valence-electron chi connectivity index (χ3n) is 3.80. The first kappa shape index (κ1) is 14.5. The predicted molar refractivity (Wildman–Crippen MR) is 79.0 cm³/mol. The maximum atomic E-state index is 5.99. The zero-order valence-electron chi connectivity index (χ0n) is 12.5. The topological polar surface area (TPSA) is 62.9 Å². The predicted octanol–water partition coefficient (Wildman–Crippen LogP) is 2.25. The molecule has 5 nitrogen and oxygen atoms in total. The lowest BCUT2D eigenvalue weighted by molar-refractivity contribution is -0.0112. The normalized spacial score (nSPS) is 22.1. The molecule has 2 aliphatic rings. The van der Waals surface area contributed by atoms with Crippen LogP contribution in [-0.2, 0) is 11.2 Å². The summed E-state index contributed by atoms with van der Waals surface area (Å²) in [7, 11) is 0. The number of ether oxygens (including phenoxy) is 4. The van der Waals surface area contributed by atoms with E-state index in [0.717, 1.165) is 48.7 Å². The van der Waals surface area contributed by atoms with Crippen molar-refractivity contribution in [1.29, 1.82) is 0 Å². The molecule has 0 aliphatic carbocycles. The van der Waals surface area contributed by atoms with Gasteiger partial charge in [0.1, 0.15) is 12.4 Å². The number of rotatable bonds is 5. The van der Waals surface area contributed by atoms with Crippen molar-refractivity contribution in [2.75, 3.05) is 20.0 Å². The Morgan fingerprint density at radius 2 is 2.10 bits per heavy atom. The van der Waals surface area contributed by atoms with Gasteiger partial charge < -0.3 is 24.7 Å². The van der Waals surface area contributed by atoms with E-state index in [1.807, 2.05) is 19.1 Å². The Balaban J connectivity index is 1.72. The molecule has 0 bridgehead atoms. The van der Waals surface area contributed by atoms with Gasteiger partial charge in [-0.3, -0.25) is 0 Å². The average Bonchev–Trinajstić information content (AvgIpc) is 2.92. The second kappa shape index (κ2) is 6.54. The van der Waals surface area contributed by atoms with E-state index in [0.29, 0.717) is 6.61 Å². The molecular weight excluding hydrogens is 270 g/mol. The molecule has 1 aromatic carbocycles. The summed E-state index contributed by atoms with van der Waals surface area (Å²) in [5.41, 5.74) is 6.99. The highest BCUT2D eigenvalue weighted by atomic mass is 16.7. The van der Waals surface area contributed by atoms with Gasteiger partial charge in [-0.05, 0) is 44.2 Å². The van der Waals surface area contributed by atoms with E-state index >= 15 is 0 Å². The molecule has 0 saturated carbocycles. The first-order chi connectivity index (χ1) is 10.2. The summed E-state index contributed by atoms with van der Waals surface area (Å²) >= 11 is 0. The summed E-state index contributed by atoms with van der Waals surface area (Å²) in [5.74, 6) is 2.33. The zero-order chi connectivity index (χ0) is 14.7. The Hall–Kier alpha value is -1.46. The van der Waals surface area contributed by atoms with E-state index in [1.54, 1.807) is 0 Å². The van der Waals surface area contributed by atoms with Gasteiger partial charge in [0.05, 0.1) is 6.10 Å². The van der Waals surface area contributed by atoms with Gasteiger partial charge in [0, 0.05) is 18.7 Å². The molecule has 2 aliphatic heterocycles. The maximum Gasteiger partial charge on any atom is 0.231 e. The van der Waals surface area contributed by atoms with Crippen LogP contribution in [0.4, 0.5) is 0 Å². The Kier molecular flexibility index (Phi) is 4.51. The highest BCUT2D eigenvalue weighted by molar-refractivity contribution is 5.52. The first-order valence-electron chi connectivity index (χ1n) is 7.65. The maximum absolute atomic E-state index is 5.99. The van der Waals surface area contributed by atoms with Crippen molar-refractivity contribution in [2.45, 2.75) is 44.8 Å². The smallest absolute Gasteiger partial charge is 0.231 e. The fraction of sp³-hybridized carbons (Fsp3) is 0.625. The first-order valence-corrected chi connectivity index (χ1v) is 7.65. The minimum absolute atomic E-state index is 0.0682. The van der Waals surface area contributed by atoms with Crippen LogP contribution < -0.4 is 19.9 Å². The summed E-state index contributed by atoms with van der Waals surface area (Å²) in [4.78, 5) is 0.